The quantitative estimate of drug-likeness (QED) is 0.863. The predicted octanol–water partition coefficient (Wildman–Crippen LogP) is 3.11. The highest BCUT2D eigenvalue weighted by atomic mass is 16.5. The summed E-state index contributed by atoms with van der Waals surface area (Å²) in [5.41, 5.74) is 2.60. The molecular formula is C18H19NO3. The second kappa shape index (κ2) is 7.41. The Morgan fingerprint density at radius 1 is 1.09 bits per heavy atom. The monoisotopic (exact) mass is 297 g/mol. The number of aryl methyl sites for hydroxylation is 1. The minimum atomic E-state index is -0.836. The van der Waals surface area contributed by atoms with Crippen molar-refractivity contribution in [3.05, 3.63) is 65.7 Å². The SMILES string of the molecule is Cc1cccc(NC(=O)[C@@H](C)OC(=O)Cc2ccccc2)c1. The molecular weight excluding hydrogens is 278 g/mol. The van der Waals surface area contributed by atoms with E-state index in [0.717, 1.165) is 11.1 Å². The fourth-order valence-electron chi connectivity index (χ4n) is 2.02. The highest BCUT2D eigenvalue weighted by molar-refractivity contribution is 5.95. The number of hydrogen-bond donors (Lipinski definition) is 1. The van der Waals surface area contributed by atoms with Crippen molar-refractivity contribution in [2.45, 2.75) is 26.4 Å². The molecule has 0 aliphatic heterocycles. The summed E-state index contributed by atoms with van der Waals surface area (Å²) in [5, 5.41) is 2.74. The van der Waals surface area contributed by atoms with Crippen molar-refractivity contribution in [2.24, 2.45) is 0 Å². The summed E-state index contributed by atoms with van der Waals surface area (Å²) >= 11 is 0. The number of hydrogen-bond acceptors (Lipinski definition) is 3. The molecule has 114 valence electrons. The lowest BCUT2D eigenvalue weighted by atomic mass is 10.1. The zero-order valence-electron chi connectivity index (χ0n) is 12.7. The summed E-state index contributed by atoms with van der Waals surface area (Å²) in [7, 11) is 0. The molecule has 2 rings (SSSR count). The zero-order chi connectivity index (χ0) is 15.9. The molecule has 0 saturated carbocycles. The third kappa shape index (κ3) is 4.74. The summed E-state index contributed by atoms with van der Waals surface area (Å²) in [5.74, 6) is -0.759. The molecule has 2 aromatic rings. The largest absolute Gasteiger partial charge is 0.452 e. The number of ether oxygens (including phenoxy) is 1. The van der Waals surface area contributed by atoms with Crippen molar-refractivity contribution in [1.29, 1.82) is 0 Å². The number of anilines is 1. The van der Waals surface area contributed by atoms with Crippen LogP contribution in [0.1, 0.15) is 18.1 Å². The van der Waals surface area contributed by atoms with Gasteiger partial charge in [-0.25, -0.2) is 0 Å². The highest BCUT2D eigenvalue weighted by Gasteiger charge is 2.18. The molecule has 0 aliphatic rings. The maximum Gasteiger partial charge on any atom is 0.311 e. The molecule has 4 nitrogen and oxygen atoms in total. The standard InChI is InChI=1S/C18H19NO3/c1-13-7-6-10-16(11-13)19-18(21)14(2)22-17(20)12-15-8-4-3-5-9-15/h3-11,14H,12H2,1-2H3,(H,19,21)/t14-/m1/s1. The second-order valence-corrected chi connectivity index (χ2v) is 5.15. The van der Waals surface area contributed by atoms with Gasteiger partial charge in [0.25, 0.3) is 5.91 Å². The van der Waals surface area contributed by atoms with Crippen molar-refractivity contribution in [1.82, 2.24) is 0 Å². The number of amides is 1. The van der Waals surface area contributed by atoms with E-state index in [0.29, 0.717) is 5.69 Å². The van der Waals surface area contributed by atoms with Crippen molar-refractivity contribution < 1.29 is 14.3 Å². The molecule has 2 aromatic carbocycles. The predicted molar refractivity (Wildman–Crippen MR) is 85.5 cm³/mol. The minimum Gasteiger partial charge on any atom is -0.452 e. The van der Waals surface area contributed by atoms with Gasteiger partial charge in [0.05, 0.1) is 6.42 Å². The number of benzene rings is 2. The lowest BCUT2D eigenvalue weighted by molar-refractivity contribution is -0.152. The maximum absolute atomic E-state index is 12.0. The Morgan fingerprint density at radius 3 is 2.50 bits per heavy atom. The fraction of sp³-hybridized carbons (Fsp3) is 0.222. The molecule has 22 heavy (non-hydrogen) atoms. The van der Waals surface area contributed by atoms with E-state index in [2.05, 4.69) is 5.32 Å². The van der Waals surface area contributed by atoms with E-state index in [1.54, 1.807) is 13.0 Å². The first-order valence-electron chi connectivity index (χ1n) is 7.15. The first-order chi connectivity index (χ1) is 10.5. The van der Waals surface area contributed by atoms with Crippen molar-refractivity contribution >= 4 is 17.6 Å². The lowest BCUT2D eigenvalue weighted by Gasteiger charge is -2.14. The number of carbonyl (C=O) groups excluding carboxylic acids is 2. The van der Waals surface area contributed by atoms with Crippen LogP contribution in [0.2, 0.25) is 0 Å². The molecule has 4 heteroatoms. The first-order valence-corrected chi connectivity index (χ1v) is 7.15. The Kier molecular flexibility index (Phi) is 5.31. The van der Waals surface area contributed by atoms with Crippen molar-refractivity contribution in [3.63, 3.8) is 0 Å². The summed E-state index contributed by atoms with van der Waals surface area (Å²) in [6.45, 7) is 3.51. The van der Waals surface area contributed by atoms with Gasteiger partial charge in [0.15, 0.2) is 6.10 Å². The van der Waals surface area contributed by atoms with Crippen LogP contribution in [-0.4, -0.2) is 18.0 Å². The van der Waals surface area contributed by atoms with Crippen LogP contribution in [0.25, 0.3) is 0 Å². The average molecular weight is 297 g/mol. The third-order valence-electron chi connectivity index (χ3n) is 3.15. The Labute approximate surface area is 130 Å². The van der Waals surface area contributed by atoms with Crippen LogP contribution in [0, 0.1) is 6.92 Å². The molecule has 0 unspecified atom stereocenters. The van der Waals surface area contributed by atoms with Crippen LogP contribution in [-0.2, 0) is 20.7 Å². The van der Waals surface area contributed by atoms with Gasteiger partial charge >= 0.3 is 5.97 Å². The normalized spacial score (nSPS) is 11.5. The zero-order valence-corrected chi connectivity index (χ0v) is 12.7. The summed E-state index contributed by atoms with van der Waals surface area (Å²) in [6.07, 6.45) is -0.681. The molecule has 1 atom stereocenters. The molecule has 1 amide bonds. The molecule has 0 aromatic heterocycles. The molecule has 0 aliphatic carbocycles. The molecule has 0 radical (unpaired) electrons. The van der Waals surface area contributed by atoms with Gasteiger partial charge in [-0.2, -0.15) is 0 Å². The van der Waals surface area contributed by atoms with E-state index >= 15 is 0 Å². The van der Waals surface area contributed by atoms with E-state index in [9.17, 15) is 9.59 Å². The van der Waals surface area contributed by atoms with Crippen molar-refractivity contribution in [3.8, 4) is 0 Å². The van der Waals surface area contributed by atoms with Gasteiger partial charge in [0, 0.05) is 5.69 Å². The molecule has 0 heterocycles. The smallest absolute Gasteiger partial charge is 0.311 e. The maximum atomic E-state index is 12.0. The van der Waals surface area contributed by atoms with E-state index < -0.39 is 12.1 Å². The summed E-state index contributed by atoms with van der Waals surface area (Å²) in [6, 6.07) is 16.7. The molecule has 0 spiro atoms. The Morgan fingerprint density at radius 2 is 1.82 bits per heavy atom. The Bertz CT molecular complexity index is 652. The van der Waals surface area contributed by atoms with Crippen LogP contribution < -0.4 is 5.32 Å². The minimum absolute atomic E-state index is 0.156. The van der Waals surface area contributed by atoms with Gasteiger partial charge in [0.1, 0.15) is 0 Å². The van der Waals surface area contributed by atoms with Gasteiger partial charge < -0.3 is 10.1 Å². The van der Waals surface area contributed by atoms with Gasteiger partial charge in [-0.1, -0.05) is 42.5 Å². The average Bonchev–Trinajstić information content (AvgIpc) is 2.48. The van der Waals surface area contributed by atoms with Crippen LogP contribution in [0.15, 0.2) is 54.6 Å². The molecule has 1 N–H and O–H groups in total. The van der Waals surface area contributed by atoms with E-state index in [4.69, 9.17) is 4.74 Å². The number of carbonyl (C=O) groups is 2. The van der Waals surface area contributed by atoms with E-state index in [-0.39, 0.29) is 12.3 Å². The lowest BCUT2D eigenvalue weighted by Crippen LogP contribution is -2.30. The number of esters is 1. The number of nitrogens with one attached hydrogen (secondary N) is 1. The van der Waals surface area contributed by atoms with Gasteiger partial charge in [-0.15, -0.1) is 0 Å². The van der Waals surface area contributed by atoms with Gasteiger partial charge in [-0.3, -0.25) is 9.59 Å². The second-order valence-electron chi connectivity index (χ2n) is 5.15. The van der Waals surface area contributed by atoms with Crippen LogP contribution >= 0.6 is 0 Å². The Balaban J connectivity index is 1.87. The van der Waals surface area contributed by atoms with Gasteiger partial charge in [-0.05, 0) is 37.1 Å². The molecule has 0 saturated heterocycles. The summed E-state index contributed by atoms with van der Waals surface area (Å²) in [4.78, 5) is 23.9. The number of rotatable bonds is 5. The van der Waals surface area contributed by atoms with E-state index in [1.807, 2.05) is 55.5 Å². The van der Waals surface area contributed by atoms with Crippen LogP contribution in [0.5, 0.6) is 0 Å². The van der Waals surface area contributed by atoms with E-state index in [1.165, 1.54) is 0 Å². The van der Waals surface area contributed by atoms with Crippen LogP contribution in [0.3, 0.4) is 0 Å². The first kappa shape index (κ1) is 15.8. The third-order valence-corrected chi connectivity index (χ3v) is 3.15. The molecule has 0 fully saturated rings. The summed E-state index contributed by atoms with van der Waals surface area (Å²) < 4.78 is 5.17. The van der Waals surface area contributed by atoms with Crippen LogP contribution in [0.4, 0.5) is 5.69 Å². The highest BCUT2D eigenvalue weighted by Crippen LogP contribution is 2.11. The van der Waals surface area contributed by atoms with Crippen molar-refractivity contribution in [2.75, 3.05) is 5.32 Å². The fourth-order valence-corrected chi connectivity index (χ4v) is 2.02. The topological polar surface area (TPSA) is 55.4 Å². The Hall–Kier alpha value is -2.62. The van der Waals surface area contributed by atoms with Gasteiger partial charge in [0.2, 0.25) is 0 Å². The molecule has 0 bridgehead atoms.